The van der Waals surface area contributed by atoms with Gasteiger partial charge in [-0.25, -0.2) is 0 Å². The number of ether oxygens (including phenoxy) is 1. The van der Waals surface area contributed by atoms with Gasteiger partial charge in [0.15, 0.2) is 5.88 Å². The molecule has 2 aliphatic rings. The average Bonchev–Trinajstić information content (AvgIpc) is 3.05. The Morgan fingerprint density at radius 1 is 1.21 bits per heavy atom. The van der Waals surface area contributed by atoms with Crippen LogP contribution in [0.1, 0.15) is 44.6 Å². The van der Waals surface area contributed by atoms with E-state index in [0.29, 0.717) is 12.3 Å². The van der Waals surface area contributed by atoms with Crippen LogP contribution in [0, 0.1) is 5.92 Å². The molecular formula is C23H33N3O2. The normalized spacial score (nSPS) is 18.0. The fourth-order valence-electron chi connectivity index (χ4n) is 4.58. The van der Waals surface area contributed by atoms with E-state index >= 15 is 0 Å². The number of amides is 1. The van der Waals surface area contributed by atoms with Crippen LogP contribution in [-0.4, -0.2) is 48.2 Å². The van der Waals surface area contributed by atoms with E-state index in [1.54, 1.807) is 0 Å². The summed E-state index contributed by atoms with van der Waals surface area (Å²) in [5.74, 6) is 1.62. The molecule has 152 valence electrons. The maximum Gasteiger partial charge on any atom is 0.224 e. The number of piperidine rings is 1. The maximum absolute atomic E-state index is 12.7. The van der Waals surface area contributed by atoms with E-state index in [1.807, 2.05) is 6.07 Å². The number of unbranched alkanes of at least 4 members (excludes halogenated alkanes) is 1. The van der Waals surface area contributed by atoms with Gasteiger partial charge < -0.3 is 19.5 Å². The Kier molecular flexibility index (Phi) is 6.20. The van der Waals surface area contributed by atoms with Gasteiger partial charge in [0.1, 0.15) is 0 Å². The Labute approximate surface area is 168 Å². The first kappa shape index (κ1) is 19.3. The number of nitrogens with zero attached hydrogens (tertiary/aromatic N) is 2. The van der Waals surface area contributed by atoms with Crippen molar-refractivity contribution in [2.24, 2.45) is 5.92 Å². The van der Waals surface area contributed by atoms with Crippen LogP contribution in [0.25, 0.3) is 10.9 Å². The van der Waals surface area contributed by atoms with E-state index in [9.17, 15) is 4.79 Å². The molecule has 2 aromatic rings. The minimum atomic E-state index is 0.113. The molecule has 1 aromatic carbocycles. The summed E-state index contributed by atoms with van der Waals surface area (Å²) in [5.41, 5.74) is 2.22. The Morgan fingerprint density at radius 3 is 2.86 bits per heavy atom. The van der Waals surface area contributed by atoms with Crippen LogP contribution in [0.3, 0.4) is 0 Å². The lowest BCUT2D eigenvalue weighted by atomic mass is 9.96. The summed E-state index contributed by atoms with van der Waals surface area (Å²) < 4.78 is 8.19. The second-order valence-electron chi connectivity index (χ2n) is 8.27. The maximum atomic E-state index is 12.7. The standard InChI is InChI=1S/C23H33N3O2/c1-2-3-11-25-13-9-18(10-14-25)17-24-22(27)16-20-19-7-4-5-8-21(19)26-12-6-15-28-23(20)26/h4-5,7-8,18H,2-3,6,9-17H2,1H3,(H,24,27). The Bertz CT molecular complexity index is 806. The first-order valence-corrected chi connectivity index (χ1v) is 11.0. The highest BCUT2D eigenvalue weighted by atomic mass is 16.5. The minimum Gasteiger partial charge on any atom is -0.479 e. The predicted octanol–water partition coefficient (Wildman–Crippen LogP) is 3.59. The van der Waals surface area contributed by atoms with Gasteiger partial charge in [0, 0.05) is 24.0 Å². The number of carbonyl (C=O) groups is 1. The lowest BCUT2D eigenvalue weighted by Crippen LogP contribution is -2.39. The highest BCUT2D eigenvalue weighted by Gasteiger charge is 2.24. The lowest BCUT2D eigenvalue weighted by molar-refractivity contribution is -0.120. The molecule has 0 unspecified atom stereocenters. The number of likely N-dealkylation sites (tertiary alicyclic amines) is 1. The van der Waals surface area contributed by atoms with Crippen LogP contribution in [0.5, 0.6) is 5.88 Å². The molecule has 5 heteroatoms. The largest absolute Gasteiger partial charge is 0.479 e. The Hall–Kier alpha value is -2.01. The third-order valence-corrected chi connectivity index (χ3v) is 6.25. The molecule has 0 radical (unpaired) electrons. The fraction of sp³-hybridized carbons (Fsp3) is 0.609. The summed E-state index contributed by atoms with van der Waals surface area (Å²) in [4.78, 5) is 15.3. The smallest absolute Gasteiger partial charge is 0.224 e. The monoisotopic (exact) mass is 383 g/mol. The molecule has 0 spiro atoms. The number of benzene rings is 1. The van der Waals surface area contributed by atoms with Crippen LogP contribution < -0.4 is 10.1 Å². The van der Waals surface area contributed by atoms with Crippen LogP contribution in [0.15, 0.2) is 24.3 Å². The molecule has 5 nitrogen and oxygen atoms in total. The number of fused-ring (bicyclic) bond motifs is 3. The number of hydrogen-bond donors (Lipinski definition) is 1. The summed E-state index contributed by atoms with van der Waals surface area (Å²) in [6.07, 6.45) is 6.36. The van der Waals surface area contributed by atoms with Crippen LogP contribution in [0.4, 0.5) is 0 Å². The van der Waals surface area contributed by atoms with E-state index in [-0.39, 0.29) is 5.91 Å². The molecular weight excluding hydrogens is 350 g/mol. The van der Waals surface area contributed by atoms with Crippen LogP contribution in [-0.2, 0) is 17.8 Å². The molecule has 1 N–H and O–H groups in total. The van der Waals surface area contributed by atoms with Crippen molar-refractivity contribution >= 4 is 16.8 Å². The van der Waals surface area contributed by atoms with Crippen molar-refractivity contribution in [3.05, 3.63) is 29.8 Å². The van der Waals surface area contributed by atoms with Crippen molar-refractivity contribution in [2.75, 3.05) is 32.8 Å². The molecule has 0 saturated carbocycles. The van der Waals surface area contributed by atoms with Crippen LogP contribution in [0.2, 0.25) is 0 Å². The van der Waals surface area contributed by atoms with Crippen molar-refractivity contribution in [3.8, 4) is 5.88 Å². The summed E-state index contributed by atoms with van der Waals surface area (Å²) in [6, 6.07) is 8.34. The van der Waals surface area contributed by atoms with Gasteiger partial charge in [-0.3, -0.25) is 4.79 Å². The Morgan fingerprint density at radius 2 is 2.04 bits per heavy atom. The van der Waals surface area contributed by atoms with E-state index in [2.05, 4.69) is 39.9 Å². The molecule has 1 fully saturated rings. The molecule has 28 heavy (non-hydrogen) atoms. The number of para-hydroxylation sites is 1. The van der Waals surface area contributed by atoms with E-state index < -0.39 is 0 Å². The summed E-state index contributed by atoms with van der Waals surface area (Å²) in [5, 5.41) is 4.35. The van der Waals surface area contributed by atoms with Crippen molar-refractivity contribution in [3.63, 3.8) is 0 Å². The first-order valence-electron chi connectivity index (χ1n) is 11.0. The number of carbonyl (C=O) groups excluding carboxylic acids is 1. The van der Waals surface area contributed by atoms with Gasteiger partial charge in [0.05, 0.1) is 18.5 Å². The van der Waals surface area contributed by atoms with Gasteiger partial charge >= 0.3 is 0 Å². The topological polar surface area (TPSA) is 46.5 Å². The SMILES string of the molecule is CCCCN1CCC(CNC(=O)Cc2c3n(c4ccccc24)CCCO3)CC1. The fourth-order valence-corrected chi connectivity index (χ4v) is 4.58. The van der Waals surface area contributed by atoms with E-state index in [4.69, 9.17) is 4.74 Å². The van der Waals surface area contributed by atoms with Crippen molar-refractivity contribution in [1.29, 1.82) is 0 Å². The van der Waals surface area contributed by atoms with Gasteiger partial charge in [-0.05, 0) is 57.3 Å². The molecule has 1 amide bonds. The summed E-state index contributed by atoms with van der Waals surface area (Å²) in [7, 11) is 0. The number of aryl methyl sites for hydroxylation is 1. The number of hydrogen-bond acceptors (Lipinski definition) is 3. The second-order valence-corrected chi connectivity index (χ2v) is 8.27. The summed E-state index contributed by atoms with van der Waals surface area (Å²) in [6.45, 7) is 8.32. The van der Waals surface area contributed by atoms with E-state index in [0.717, 1.165) is 42.9 Å². The third-order valence-electron chi connectivity index (χ3n) is 6.25. The van der Waals surface area contributed by atoms with Crippen molar-refractivity contribution in [2.45, 2.75) is 52.0 Å². The minimum absolute atomic E-state index is 0.113. The van der Waals surface area contributed by atoms with Gasteiger partial charge in [-0.15, -0.1) is 0 Å². The molecule has 3 heterocycles. The molecule has 0 aliphatic carbocycles. The zero-order chi connectivity index (χ0) is 19.3. The van der Waals surface area contributed by atoms with Gasteiger partial charge in [0.25, 0.3) is 0 Å². The number of nitrogens with one attached hydrogen (secondary N) is 1. The van der Waals surface area contributed by atoms with Crippen LogP contribution >= 0.6 is 0 Å². The van der Waals surface area contributed by atoms with Gasteiger partial charge in [0.2, 0.25) is 5.91 Å². The number of aromatic nitrogens is 1. The Balaban J connectivity index is 1.34. The lowest BCUT2D eigenvalue weighted by Gasteiger charge is -2.31. The molecule has 2 aliphatic heterocycles. The zero-order valence-electron chi connectivity index (χ0n) is 17.1. The average molecular weight is 384 g/mol. The quantitative estimate of drug-likeness (QED) is 0.795. The molecule has 1 aromatic heterocycles. The first-order chi connectivity index (χ1) is 13.8. The molecule has 0 atom stereocenters. The second kappa shape index (κ2) is 8.99. The third kappa shape index (κ3) is 4.19. The highest BCUT2D eigenvalue weighted by Crippen LogP contribution is 2.34. The molecule has 0 bridgehead atoms. The van der Waals surface area contributed by atoms with Gasteiger partial charge in [-0.2, -0.15) is 0 Å². The van der Waals surface area contributed by atoms with E-state index in [1.165, 1.54) is 50.8 Å². The highest BCUT2D eigenvalue weighted by molar-refractivity contribution is 5.92. The summed E-state index contributed by atoms with van der Waals surface area (Å²) >= 11 is 0. The molecule has 4 rings (SSSR count). The molecule has 1 saturated heterocycles. The zero-order valence-corrected chi connectivity index (χ0v) is 17.1. The van der Waals surface area contributed by atoms with Crippen molar-refractivity contribution < 1.29 is 9.53 Å². The number of rotatable bonds is 7. The van der Waals surface area contributed by atoms with Crippen molar-refractivity contribution in [1.82, 2.24) is 14.8 Å². The predicted molar refractivity (Wildman–Crippen MR) is 113 cm³/mol. The van der Waals surface area contributed by atoms with Gasteiger partial charge in [-0.1, -0.05) is 31.5 Å².